The number of ether oxygens (including phenoxy) is 1. The highest BCUT2D eigenvalue weighted by atomic mass is 16.5. The van der Waals surface area contributed by atoms with Crippen molar-refractivity contribution in [3.63, 3.8) is 0 Å². The molecule has 1 heterocycles. The van der Waals surface area contributed by atoms with Gasteiger partial charge in [-0.3, -0.25) is 4.79 Å². The van der Waals surface area contributed by atoms with E-state index in [1.165, 1.54) is 0 Å². The summed E-state index contributed by atoms with van der Waals surface area (Å²) >= 11 is 0. The molecule has 0 aliphatic carbocycles. The lowest BCUT2D eigenvalue weighted by atomic mass is 9.96. The molecule has 0 spiro atoms. The smallest absolute Gasteiger partial charge is 0.170 e. The average molecular weight is 225 g/mol. The Morgan fingerprint density at radius 2 is 1.94 bits per heavy atom. The Labute approximate surface area is 101 Å². The summed E-state index contributed by atoms with van der Waals surface area (Å²) in [5.41, 5.74) is 1.53. The first-order valence-corrected chi connectivity index (χ1v) is 5.59. The van der Waals surface area contributed by atoms with Crippen molar-refractivity contribution in [2.75, 3.05) is 0 Å². The number of rotatable bonds is 1. The molecule has 0 bridgehead atoms. The highest BCUT2D eigenvalue weighted by molar-refractivity contribution is 5.99. The molecule has 1 aliphatic heterocycles. The summed E-state index contributed by atoms with van der Waals surface area (Å²) in [6.45, 7) is 0. The summed E-state index contributed by atoms with van der Waals surface area (Å²) in [5.74, 6) is 0.621. The van der Waals surface area contributed by atoms with Gasteiger partial charge in [-0.05, 0) is 17.7 Å². The van der Waals surface area contributed by atoms with Gasteiger partial charge in [0, 0.05) is 0 Å². The number of ketones is 1. The van der Waals surface area contributed by atoms with E-state index in [4.69, 9.17) is 6.11 Å². The van der Waals surface area contributed by atoms with Crippen LogP contribution in [0.1, 0.15) is 29.8 Å². The maximum absolute atomic E-state index is 12.1. The maximum Gasteiger partial charge on any atom is 0.170 e. The Hall–Kier alpha value is -2.09. The van der Waals surface area contributed by atoms with Gasteiger partial charge in [-0.15, -0.1) is 0 Å². The van der Waals surface area contributed by atoms with Gasteiger partial charge in [-0.25, -0.2) is 0 Å². The van der Waals surface area contributed by atoms with Crippen LogP contribution in [-0.2, 0) is 0 Å². The molecule has 0 amide bonds. The summed E-state index contributed by atoms with van der Waals surface area (Å²) in [4.78, 5) is 12.1. The van der Waals surface area contributed by atoms with E-state index in [1.807, 2.05) is 30.3 Å². The van der Waals surface area contributed by atoms with Gasteiger partial charge in [0.05, 0.1) is 13.4 Å². The monoisotopic (exact) mass is 225 g/mol. The third-order valence-corrected chi connectivity index (χ3v) is 2.94. The van der Waals surface area contributed by atoms with Crippen LogP contribution in [0.2, 0.25) is 0 Å². The summed E-state index contributed by atoms with van der Waals surface area (Å²) in [5, 5.41) is 0. The van der Waals surface area contributed by atoms with Crippen molar-refractivity contribution >= 4 is 5.78 Å². The van der Waals surface area contributed by atoms with E-state index in [2.05, 4.69) is 0 Å². The molecule has 2 nitrogen and oxygen atoms in total. The lowest BCUT2D eigenvalue weighted by molar-refractivity contribution is 0.0850. The van der Waals surface area contributed by atoms with Crippen LogP contribution in [0.15, 0.2) is 54.6 Å². The number of hydrogen-bond donors (Lipinski definition) is 0. The van der Waals surface area contributed by atoms with Crippen molar-refractivity contribution in [3.8, 4) is 5.75 Å². The first kappa shape index (κ1) is 8.99. The fourth-order valence-electron chi connectivity index (χ4n) is 2.06. The molecule has 1 atom stereocenters. The van der Waals surface area contributed by atoms with Crippen molar-refractivity contribution < 1.29 is 10.9 Å². The van der Waals surface area contributed by atoms with E-state index in [9.17, 15) is 4.79 Å². The molecule has 0 N–H and O–H groups in total. The van der Waals surface area contributed by atoms with Crippen LogP contribution in [0.3, 0.4) is 0 Å². The lowest BCUT2D eigenvalue weighted by Crippen LogP contribution is -2.20. The van der Waals surface area contributed by atoms with E-state index in [0.717, 1.165) is 5.56 Å². The van der Waals surface area contributed by atoms with Crippen molar-refractivity contribution in [2.24, 2.45) is 0 Å². The van der Waals surface area contributed by atoms with Gasteiger partial charge in [0.25, 0.3) is 0 Å². The number of Topliss-reactive ketones (excluding diaryl/α,β-unsaturated/α-hetero) is 1. The van der Waals surface area contributed by atoms with Crippen LogP contribution < -0.4 is 4.74 Å². The predicted molar refractivity (Wildman–Crippen MR) is 65.2 cm³/mol. The van der Waals surface area contributed by atoms with Crippen LogP contribution in [0.25, 0.3) is 0 Å². The van der Waals surface area contributed by atoms with E-state index < -0.39 is 0 Å². The number of carbonyl (C=O) groups is 1. The van der Waals surface area contributed by atoms with Gasteiger partial charge in [0.2, 0.25) is 0 Å². The fraction of sp³-hybridized carbons (Fsp3) is 0.133. The van der Waals surface area contributed by atoms with E-state index in [-0.39, 0.29) is 11.9 Å². The first-order chi connectivity index (χ1) is 8.74. The predicted octanol–water partition coefficient (Wildman–Crippen LogP) is 3.39. The molecule has 1 unspecified atom stereocenters. The highest BCUT2D eigenvalue weighted by Crippen LogP contribution is 2.34. The first-order valence-electron chi connectivity index (χ1n) is 6.09. The minimum absolute atomic E-state index is 0.0409. The molecule has 0 saturated carbocycles. The Morgan fingerprint density at radius 3 is 2.76 bits per heavy atom. The third-order valence-electron chi connectivity index (χ3n) is 2.94. The molecule has 2 aromatic rings. The minimum Gasteiger partial charge on any atom is -0.484 e. The van der Waals surface area contributed by atoms with E-state index in [1.54, 1.807) is 18.2 Å². The molecular formula is C15H12O2. The summed E-state index contributed by atoms with van der Waals surface area (Å²) in [6.07, 6.45) is 0.114. The van der Waals surface area contributed by atoms with Gasteiger partial charge >= 0.3 is 0 Å². The van der Waals surface area contributed by atoms with Crippen molar-refractivity contribution in [2.45, 2.75) is 12.5 Å². The number of para-hydroxylation sites is 1. The van der Waals surface area contributed by atoms with E-state index >= 15 is 0 Å². The number of benzene rings is 2. The molecule has 84 valence electrons. The number of carbonyl (C=O) groups excluding carboxylic acids is 1. The zero-order chi connectivity index (χ0) is 12.5. The maximum atomic E-state index is 12.1. The molecule has 0 fully saturated rings. The van der Waals surface area contributed by atoms with Crippen LogP contribution in [-0.4, -0.2) is 5.78 Å². The molecule has 0 radical (unpaired) electrons. The van der Waals surface area contributed by atoms with Crippen molar-refractivity contribution in [1.29, 1.82) is 0 Å². The largest absolute Gasteiger partial charge is 0.484 e. The van der Waals surface area contributed by atoms with Crippen LogP contribution >= 0.6 is 0 Å². The summed E-state index contributed by atoms with van der Waals surface area (Å²) < 4.78 is 13.4. The second-order valence-electron chi connectivity index (χ2n) is 4.07. The zero-order valence-electron chi connectivity index (χ0n) is 10.2. The van der Waals surface area contributed by atoms with Gasteiger partial charge in [-0.1, -0.05) is 42.4 Å². The fourth-order valence-corrected chi connectivity index (χ4v) is 2.06. The topological polar surface area (TPSA) is 26.3 Å². The Bertz CT molecular complexity index is 593. The molecule has 2 heteroatoms. The average Bonchev–Trinajstić information content (AvgIpc) is 2.40. The minimum atomic E-state index is -0.220. The van der Waals surface area contributed by atoms with Gasteiger partial charge in [0.15, 0.2) is 5.78 Å². The number of fused-ring (bicyclic) bond motifs is 1. The molecule has 2 aromatic carbocycles. The normalized spacial score (nSPS) is 19.2. The summed E-state index contributed by atoms with van der Waals surface area (Å²) in [7, 11) is 0. The molecule has 1 aliphatic rings. The van der Waals surface area contributed by atoms with E-state index in [0.29, 0.717) is 23.8 Å². The van der Waals surface area contributed by atoms with Crippen LogP contribution in [0, 0.1) is 0 Å². The van der Waals surface area contributed by atoms with Gasteiger partial charge in [-0.2, -0.15) is 0 Å². The zero-order valence-corrected chi connectivity index (χ0v) is 9.22. The second kappa shape index (κ2) is 4.06. The third kappa shape index (κ3) is 1.82. The second-order valence-corrected chi connectivity index (χ2v) is 4.07. The molecule has 0 saturated heterocycles. The van der Waals surface area contributed by atoms with Crippen molar-refractivity contribution in [3.05, 3.63) is 65.7 Å². The number of hydrogen-bond acceptors (Lipinski definition) is 2. The van der Waals surface area contributed by atoms with Crippen molar-refractivity contribution in [1.82, 2.24) is 0 Å². The van der Waals surface area contributed by atoms with Gasteiger partial charge in [0.1, 0.15) is 11.9 Å². The van der Waals surface area contributed by atoms with Crippen LogP contribution in [0.4, 0.5) is 0 Å². The Kier molecular flexibility index (Phi) is 2.15. The molecule has 17 heavy (non-hydrogen) atoms. The molecule has 3 rings (SSSR count). The van der Waals surface area contributed by atoms with Gasteiger partial charge < -0.3 is 4.74 Å². The lowest BCUT2D eigenvalue weighted by Gasteiger charge is -2.25. The summed E-state index contributed by atoms with van der Waals surface area (Å²) in [6, 6.07) is 15.0. The SMILES string of the molecule is [2H]c1ccc2c(c1)C(=O)CC(c1ccccc1)O2. The standard InChI is InChI=1S/C15H12O2/c16-13-10-15(11-6-2-1-3-7-11)17-14-9-5-4-8-12(13)14/h1-9,15H,10H2/i4D. The van der Waals surface area contributed by atoms with Crippen LogP contribution in [0.5, 0.6) is 5.75 Å². The Balaban J connectivity index is 1.97. The molecular weight excluding hydrogens is 212 g/mol. The Morgan fingerprint density at radius 1 is 1.12 bits per heavy atom. The highest BCUT2D eigenvalue weighted by Gasteiger charge is 2.26. The quantitative estimate of drug-likeness (QED) is 0.743. The molecule has 0 aromatic heterocycles.